The Kier molecular flexibility index (Phi) is 5.27. The van der Waals surface area contributed by atoms with E-state index in [1.165, 1.54) is 49.6 Å². The maximum Gasteiger partial charge on any atom is 0.107 e. The van der Waals surface area contributed by atoms with E-state index in [1.807, 2.05) is 0 Å². The minimum atomic E-state index is 0.828. The van der Waals surface area contributed by atoms with E-state index in [0.29, 0.717) is 0 Å². The second kappa shape index (κ2) is 7.18. The van der Waals surface area contributed by atoms with Crippen molar-refractivity contribution in [2.45, 2.75) is 45.3 Å². The highest BCUT2D eigenvalue weighted by Crippen LogP contribution is 2.30. The van der Waals surface area contributed by atoms with Gasteiger partial charge in [-0.15, -0.1) is 11.3 Å². The first kappa shape index (κ1) is 15.4. The summed E-state index contributed by atoms with van der Waals surface area (Å²) in [7, 11) is 2.31. The number of hydrogen-bond acceptors (Lipinski definition) is 5. The van der Waals surface area contributed by atoms with Crippen LogP contribution >= 0.6 is 11.3 Å². The lowest BCUT2D eigenvalue weighted by Crippen LogP contribution is -2.52. The highest BCUT2D eigenvalue weighted by Gasteiger charge is 2.34. The summed E-state index contributed by atoms with van der Waals surface area (Å²) in [6.45, 7) is 8.88. The molecular weight excluding hydrogens is 280 g/mol. The topological polar surface area (TPSA) is 31.4 Å². The fourth-order valence-electron chi connectivity index (χ4n) is 3.84. The van der Waals surface area contributed by atoms with E-state index in [2.05, 4.69) is 34.5 Å². The molecule has 5 heteroatoms. The lowest BCUT2D eigenvalue weighted by molar-refractivity contribution is 0.0351. The zero-order valence-corrected chi connectivity index (χ0v) is 14.2. The molecule has 0 saturated carbocycles. The van der Waals surface area contributed by atoms with Gasteiger partial charge in [-0.1, -0.05) is 6.92 Å². The van der Waals surface area contributed by atoms with Crippen LogP contribution in [-0.2, 0) is 13.1 Å². The Morgan fingerprint density at radius 1 is 1.38 bits per heavy atom. The van der Waals surface area contributed by atoms with Gasteiger partial charge in [-0.05, 0) is 45.3 Å². The Labute approximate surface area is 132 Å². The summed E-state index contributed by atoms with van der Waals surface area (Å²) < 4.78 is 0. The van der Waals surface area contributed by atoms with Crippen LogP contribution in [0.4, 0.5) is 0 Å². The van der Waals surface area contributed by atoms with E-state index in [0.717, 1.165) is 31.6 Å². The van der Waals surface area contributed by atoms with Gasteiger partial charge in [0.25, 0.3) is 0 Å². The molecule has 1 N–H and O–H groups in total. The van der Waals surface area contributed by atoms with Crippen molar-refractivity contribution in [1.82, 2.24) is 20.1 Å². The number of nitrogens with one attached hydrogen (secondary N) is 1. The quantitative estimate of drug-likeness (QED) is 0.903. The van der Waals surface area contributed by atoms with E-state index in [-0.39, 0.29) is 0 Å². The highest BCUT2D eigenvalue weighted by molar-refractivity contribution is 7.09. The monoisotopic (exact) mass is 308 g/mol. The lowest BCUT2D eigenvalue weighted by Gasteiger charge is -2.45. The highest BCUT2D eigenvalue weighted by atomic mass is 32.1. The molecule has 0 spiro atoms. The normalized spacial score (nSPS) is 27.7. The SMILES string of the molecule is CCNCc1nc(CN2CCC3C(CCCN3C)C2)cs1. The number of rotatable bonds is 5. The molecular formula is C16H28N4S. The van der Waals surface area contributed by atoms with Crippen LogP contribution < -0.4 is 5.32 Å². The maximum absolute atomic E-state index is 4.76. The number of hydrogen-bond donors (Lipinski definition) is 1. The third kappa shape index (κ3) is 3.83. The molecule has 1 aromatic heterocycles. The fraction of sp³-hybridized carbons (Fsp3) is 0.812. The smallest absolute Gasteiger partial charge is 0.107 e. The second-order valence-corrected chi connectivity index (χ2v) is 7.43. The van der Waals surface area contributed by atoms with E-state index in [4.69, 9.17) is 4.98 Å². The third-order valence-electron chi connectivity index (χ3n) is 4.94. The molecule has 2 saturated heterocycles. The molecule has 2 aliphatic heterocycles. The molecule has 2 unspecified atom stereocenters. The van der Waals surface area contributed by atoms with Crippen LogP contribution in [0, 0.1) is 5.92 Å². The van der Waals surface area contributed by atoms with Crippen LogP contribution in [0.2, 0.25) is 0 Å². The molecule has 2 atom stereocenters. The van der Waals surface area contributed by atoms with Crippen LogP contribution in [0.15, 0.2) is 5.38 Å². The van der Waals surface area contributed by atoms with Gasteiger partial charge in [-0.2, -0.15) is 0 Å². The van der Waals surface area contributed by atoms with Gasteiger partial charge in [0.05, 0.1) is 5.69 Å². The van der Waals surface area contributed by atoms with Crippen LogP contribution in [0.5, 0.6) is 0 Å². The molecule has 4 nitrogen and oxygen atoms in total. The van der Waals surface area contributed by atoms with Gasteiger partial charge in [-0.3, -0.25) is 4.90 Å². The Hall–Kier alpha value is -0.490. The van der Waals surface area contributed by atoms with Crippen molar-refractivity contribution in [2.75, 3.05) is 33.2 Å². The Morgan fingerprint density at radius 3 is 3.14 bits per heavy atom. The Balaban J connectivity index is 1.53. The summed E-state index contributed by atoms with van der Waals surface area (Å²) in [6, 6.07) is 0.828. The summed E-state index contributed by atoms with van der Waals surface area (Å²) >= 11 is 1.79. The molecule has 3 heterocycles. The summed E-state index contributed by atoms with van der Waals surface area (Å²) in [5.41, 5.74) is 1.26. The predicted molar refractivity (Wildman–Crippen MR) is 88.5 cm³/mol. The van der Waals surface area contributed by atoms with Crippen LogP contribution in [0.1, 0.15) is 36.9 Å². The molecule has 0 amide bonds. The van der Waals surface area contributed by atoms with Gasteiger partial charge in [0.2, 0.25) is 0 Å². The standard InChI is InChI=1S/C16H28N4S/c1-3-17-9-16-18-14(12-21-16)11-20-8-6-15-13(10-20)5-4-7-19(15)2/h12-13,15,17H,3-11H2,1-2H3. The molecule has 0 aliphatic carbocycles. The van der Waals surface area contributed by atoms with Crippen molar-refractivity contribution in [1.29, 1.82) is 0 Å². The van der Waals surface area contributed by atoms with Crippen LogP contribution in [0.25, 0.3) is 0 Å². The second-order valence-electron chi connectivity index (χ2n) is 6.49. The molecule has 21 heavy (non-hydrogen) atoms. The Morgan fingerprint density at radius 2 is 2.29 bits per heavy atom. The van der Waals surface area contributed by atoms with Crippen molar-refractivity contribution < 1.29 is 0 Å². The molecule has 2 aliphatic rings. The number of nitrogens with zero attached hydrogens (tertiary/aromatic N) is 3. The summed E-state index contributed by atoms with van der Waals surface area (Å²) in [4.78, 5) is 9.97. The zero-order valence-electron chi connectivity index (χ0n) is 13.3. The summed E-state index contributed by atoms with van der Waals surface area (Å²) in [5, 5.41) is 6.82. The average molecular weight is 308 g/mol. The van der Waals surface area contributed by atoms with Crippen LogP contribution in [0.3, 0.4) is 0 Å². The number of aromatic nitrogens is 1. The van der Waals surface area contributed by atoms with E-state index >= 15 is 0 Å². The van der Waals surface area contributed by atoms with Gasteiger partial charge in [0, 0.05) is 37.6 Å². The first-order valence-corrected chi connectivity index (χ1v) is 9.21. The first-order chi connectivity index (χ1) is 10.3. The number of thiazole rings is 1. The predicted octanol–water partition coefficient (Wildman–Crippen LogP) is 2.17. The molecule has 0 bridgehead atoms. The molecule has 1 aromatic rings. The van der Waals surface area contributed by atoms with Crippen molar-refractivity contribution in [2.24, 2.45) is 5.92 Å². The van der Waals surface area contributed by atoms with E-state index < -0.39 is 0 Å². The number of likely N-dealkylation sites (tertiary alicyclic amines) is 2. The van der Waals surface area contributed by atoms with Crippen LogP contribution in [-0.4, -0.2) is 54.1 Å². The molecule has 0 radical (unpaired) electrons. The zero-order chi connectivity index (χ0) is 14.7. The van der Waals surface area contributed by atoms with Crippen molar-refractivity contribution in [3.05, 3.63) is 16.1 Å². The molecule has 3 rings (SSSR count). The first-order valence-electron chi connectivity index (χ1n) is 8.33. The molecule has 118 valence electrons. The fourth-order valence-corrected chi connectivity index (χ4v) is 4.59. The van der Waals surface area contributed by atoms with E-state index in [9.17, 15) is 0 Å². The average Bonchev–Trinajstić information content (AvgIpc) is 2.93. The van der Waals surface area contributed by atoms with Crippen molar-refractivity contribution in [3.8, 4) is 0 Å². The van der Waals surface area contributed by atoms with Gasteiger partial charge >= 0.3 is 0 Å². The maximum atomic E-state index is 4.76. The summed E-state index contributed by atoms with van der Waals surface area (Å²) in [6.07, 6.45) is 4.11. The van der Waals surface area contributed by atoms with Gasteiger partial charge in [-0.25, -0.2) is 4.98 Å². The van der Waals surface area contributed by atoms with Gasteiger partial charge in [0.1, 0.15) is 5.01 Å². The van der Waals surface area contributed by atoms with E-state index in [1.54, 1.807) is 11.3 Å². The molecule has 2 fully saturated rings. The third-order valence-corrected chi connectivity index (χ3v) is 5.84. The largest absolute Gasteiger partial charge is 0.311 e. The lowest BCUT2D eigenvalue weighted by atomic mass is 9.84. The Bertz CT molecular complexity index is 447. The minimum absolute atomic E-state index is 0.828. The number of fused-ring (bicyclic) bond motifs is 1. The van der Waals surface area contributed by atoms with Gasteiger partial charge < -0.3 is 10.2 Å². The number of piperidine rings is 2. The van der Waals surface area contributed by atoms with Crippen molar-refractivity contribution >= 4 is 11.3 Å². The summed E-state index contributed by atoms with van der Waals surface area (Å²) in [5.74, 6) is 0.873. The van der Waals surface area contributed by atoms with Gasteiger partial charge in [0.15, 0.2) is 0 Å². The minimum Gasteiger partial charge on any atom is -0.311 e. The molecule has 0 aromatic carbocycles. The van der Waals surface area contributed by atoms with Crippen molar-refractivity contribution in [3.63, 3.8) is 0 Å².